The van der Waals surface area contributed by atoms with Gasteiger partial charge in [-0.3, -0.25) is 14.2 Å². The van der Waals surface area contributed by atoms with Gasteiger partial charge in [-0.05, 0) is 44.2 Å². The Morgan fingerprint density at radius 3 is 2.88 bits per heavy atom. The number of fused-ring (bicyclic) bond motifs is 1. The van der Waals surface area contributed by atoms with Crippen LogP contribution in [0, 0.1) is 12.8 Å². The van der Waals surface area contributed by atoms with Crippen molar-refractivity contribution in [1.29, 1.82) is 0 Å². The molecule has 24 heavy (non-hydrogen) atoms. The Morgan fingerprint density at radius 2 is 2.12 bits per heavy atom. The number of aromatic nitrogens is 2. The standard InChI is InChI=1S/C19H25N3O2/c1-13-7-10-22(15(3)11-13)17(23)8-9-21-12-20-18-14(2)5-4-6-16(18)19(21)24/h4-6,12-13,15H,7-11H2,1-3H3. The van der Waals surface area contributed by atoms with E-state index in [1.54, 1.807) is 17.0 Å². The molecule has 0 spiro atoms. The number of piperidine rings is 1. The van der Waals surface area contributed by atoms with Crippen molar-refractivity contribution in [3.8, 4) is 0 Å². The van der Waals surface area contributed by atoms with Crippen LogP contribution in [0.3, 0.4) is 0 Å². The zero-order valence-electron chi connectivity index (χ0n) is 14.7. The lowest BCUT2D eigenvalue weighted by molar-refractivity contribution is -0.135. The molecule has 2 unspecified atom stereocenters. The van der Waals surface area contributed by atoms with Crippen LogP contribution in [-0.2, 0) is 11.3 Å². The highest BCUT2D eigenvalue weighted by Crippen LogP contribution is 2.22. The fourth-order valence-corrected chi connectivity index (χ4v) is 3.63. The van der Waals surface area contributed by atoms with E-state index in [1.807, 2.05) is 24.0 Å². The molecule has 1 fully saturated rings. The molecule has 1 aromatic carbocycles. The van der Waals surface area contributed by atoms with Crippen molar-refractivity contribution in [3.05, 3.63) is 40.4 Å². The fourth-order valence-electron chi connectivity index (χ4n) is 3.63. The largest absolute Gasteiger partial charge is 0.340 e. The number of hydrogen-bond acceptors (Lipinski definition) is 3. The molecule has 0 N–H and O–H groups in total. The number of carbonyl (C=O) groups is 1. The number of para-hydroxylation sites is 1. The Kier molecular flexibility index (Phi) is 4.69. The lowest BCUT2D eigenvalue weighted by atomic mass is 9.93. The summed E-state index contributed by atoms with van der Waals surface area (Å²) in [5, 5.41) is 0.616. The molecule has 0 radical (unpaired) electrons. The van der Waals surface area contributed by atoms with Crippen molar-refractivity contribution >= 4 is 16.8 Å². The Labute approximate surface area is 142 Å². The van der Waals surface area contributed by atoms with E-state index in [4.69, 9.17) is 0 Å². The van der Waals surface area contributed by atoms with Gasteiger partial charge in [-0.2, -0.15) is 0 Å². The summed E-state index contributed by atoms with van der Waals surface area (Å²) in [6.07, 6.45) is 4.03. The van der Waals surface area contributed by atoms with Crippen LogP contribution in [0.4, 0.5) is 0 Å². The number of likely N-dealkylation sites (tertiary alicyclic amines) is 1. The SMILES string of the molecule is Cc1cccc2c(=O)n(CCC(=O)N3CCC(C)CC3C)cnc12. The molecule has 0 saturated carbocycles. The zero-order valence-corrected chi connectivity index (χ0v) is 14.7. The number of benzene rings is 1. The summed E-state index contributed by atoms with van der Waals surface area (Å²) >= 11 is 0. The summed E-state index contributed by atoms with van der Waals surface area (Å²) in [6.45, 7) is 7.50. The first-order valence-corrected chi connectivity index (χ1v) is 8.71. The van der Waals surface area contributed by atoms with Gasteiger partial charge in [0.05, 0.1) is 17.2 Å². The van der Waals surface area contributed by atoms with Gasteiger partial charge in [-0.15, -0.1) is 0 Å². The quantitative estimate of drug-likeness (QED) is 0.871. The minimum absolute atomic E-state index is 0.0724. The lowest BCUT2D eigenvalue weighted by Crippen LogP contribution is -2.44. The Morgan fingerprint density at radius 1 is 1.33 bits per heavy atom. The first-order valence-electron chi connectivity index (χ1n) is 8.71. The van der Waals surface area contributed by atoms with Crippen LogP contribution < -0.4 is 5.56 Å². The summed E-state index contributed by atoms with van der Waals surface area (Å²) in [5.74, 6) is 0.810. The van der Waals surface area contributed by atoms with Gasteiger partial charge in [-0.25, -0.2) is 4.98 Å². The number of hydrogen-bond donors (Lipinski definition) is 0. The van der Waals surface area contributed by atoms with Crippen LogP contribution in [0.25, 0.3) is 10.9 Å². The number of nitrogens with zero attached hydrogens (tertiary/aromatic N) is 3. The molecule has 5 heteroatoms. The molecule has 0 bridgehead atoms. The zero-order chi connectivity index (χ0) is 17.3. The predicted octanol–water partition coefficient (Wildman–Crippen LogP) is 2.74. The Balaban J connectivity index is 1.73. The monoisotopic (exact) mass is 327 g/mol. The topological polar surface area (TPSA) is 55.2 Å². The first kappa shape index (κ1) is 16.7. The molecule has 1 aliphatic heterocycles. The third kappa shape index (κ3) is 3.21. The third-order valence-corrected chi connectivity index (χ3v) is 5.08. The highest BCUT2D eigenvalue weighted by atomic mass is 16.2. The maximum atomic E-state index is 12.6. The molecule has 2 aromatic rings. The fraction of sp³-hybridized carbons (Fsp3) is 0.526. The van der Waals surface area contributed by atoms with Gasteiger partial charge in [0.2, 0.25) is 5.91 Å². The van der Waals surface area contributed by atoms with Crippen molar-refractivity contribution in [2.24, 2.45) is 5.92 Å². The third-order valence-electron chi connectivity index (χ3n) is 5.08. The highest BCUT2D eigenvalue weighted by Gasteiger charge is 2.26. The Bertz CT molecular complexity index is 812. The minimum atomic E-state index is -0.0724. The van der Waals surface area contributed by atoms with Gasteiger partial charge in [0.25, 0.3) is 5.56 Å². The smallest absolute Gasteiger partial charge is 0.261 e. The van der Waals surface area contributed by atoms with E-state index >= 15 is 0 Å². The van der Waals surface area contributed by atoms with Crippen molar-refractivity contribution in [1.82, 2.24) is 14.5 Å². The summed E-state index contributed by atoms with van der Waals surface area (Å²) in [7, 11) is 0. The second-order valence-corrected chi connectivity index (χ2v) is 7.03. The molecule has 1 saturated heterocycles. The van der Waals surface area contributed by atoms with Crippen LogP contribution in [0.1, 0.15) is 38.7 Å². The van der Waals surface area contributed by atoms with Crippen LogP contribution in [0.15, 0.2) is 29.3 Å². The van der Waals surface area contributed by atoms with Crippen molar-refractivity contribution < 1.29 is 4.79 Å². The van der Waals surface area contributed by atoms with Crippen LogP contribution in [0.5, 0.6) is 0 Å². The molecule has 5 nitrogen and oxygen atoms in total. The predicted molar refractivity (Wildman–Crippen MR) is 94.9 cm³/mol. The molecular formula is C19H25N3O2. The molecule has 0 aliphatic carbocycles. The van der Waals surface area contributed by atoms with E-state index < -0.39 is 0 Å². The van der Waals surface area contributed by atoms with Gasteiger partial charge in [0.15, 0.2) is 0 Å². The lowest BCUT2D eigenvalue weighted by Gasteiger charge is -2.36. The minimum Gasteiger partial charge on any atom is -0.340 e. The van der Waals surface area contributed by atoms with Crippen LogP contribution in [0.2, 0.25) is 0 Å². The second kappa shape index (κ2) is 6.75. The average Bonchev–Trinajstić information content (AvgIpc) is 2.54. The number of carbonyl (C=O) groups excluding carboxylic acids is 1. The van der Waals surface area contributed by atoms with Gasteiger partial charge in [0.1, 0.15) is 0 Å². The van der Waals surface area contributed by atoms with Gasteiger partial charge in [0, 0.05) is 25.6 Å². The number of rotatable bonds is 3. The molecule has 1 aliphatic rings. The molecule has 1 amide bonds. The maximum Gasteiger partial charge on any atom is 0.261 e. The van der Waals surface area contributed by atoms with Crippen molar-refractivity contribution in [2.45, 2.75) is 52.6 Å². The summed E-state index contributed by atoms with van der Waals surface area (Å²) in [5.41, 5.74) is 1.66. The number of amides is 1. The van der Waals surface area contributed by atoms with E-state index in [9.17, 15) is 9.59 Å². The molecular weight excluding hydrogens is 302 g/mol. The average molecular weight is 327 g/mol. The second-order valence-electron chi connectivity index (χ2n) is 7.03. The maximum absolute atomic E-state index is 12.6. The van der Waals surface area contributed by atoms with E-state index in [-0.39, 0.29) is 17.5 Å². The summed E-state index contributed by atoms with van der Waals surface area (Å²) < 4.78 is 1.55. The van der Waals surface area contributed by atoms with Crippen LogP contribution in [-0.4, -0.2) is 32.9 Å². The highest BCUT2D eigenvalue weighted by molar-refractivity contribution is 5.80. The Hall–Kier alpha value is -2.17. The van der Waals surface area contributed by atoms with E-state index in [2.05, 4.69) is 18.8 Å². The normalized spacial score (nSPS) is 21.2. The summed E-state index contributed by atoms with van der Waals surface area (Å²) in [4.78, 5) is 31.4. The van der Waals surface area contributed by atoms with Crippen molar-refractivity contribution in [3.63, 3.8) is 0 Å². The first-order chi connectivity index (χ1) is 11.5. The van der Waals surface area contributed by atoms with E-state index in [0.29, 0.717) is 24.3 Å². The van der Waals surface area contributed by atoms with Gasteiger partial charge < -0.3 is 4.90 Å². The van der Waals surface area contributed by atoms with E-state index in [0.717, 1.165) is 30.5 Å². The number of aryl methyl sites for hydroxylation is 2. The van der Waals surface area contributed by atoms with Crippen molar-refractivity contribution in [2.75, 3.05) is 6.54 Å². The molecule has 2 heterocycles. The molecule has 1 aromatic heterocycles. The summed E-state index contributed by atoms with van der Waals surface area (Å²) in [6, 6.07) is 5.90. The van der Waals surface area contributed by atoms with Gasteiger partial charge >= 0.3 is 0 Å². The van der Waals surface area contributed by atoms with Crippen LogP contribution >= 0.6 is 0 Å². The molecule has 128 valence electrons. The molecule has 3 rings (SSSR count). The van der Waals surface area contributed by atoms with E-state index in [1.165, 1.54) is 0 Å². The van der Waals surface area contributed by atoms with Gasteiger partial charge in [-0.1, -0.05) is 19.1 Å². The molecule has 2 atom stereocenters.